The van der Waals surface area contributed by atoms with Crippen LogP contribution in [0.2, 0.25) is 0 Å². The van der Waals surface area contributed by atoms with E-state index in [1.54, 1.807) is 4.68 Å². The van der Waals surface area contributed by atoms with E-state index >= 15 is 0 Å². The lowest BCUT2D eigenvalue weighted by molar-refractivity contribution is 0.0758. The molecule has 0 N–H and O–H groups in total. The van der Waals surface area contributed by atoms with E-state index < -0.39 is 9.84 Å². The van der Waals surface area contributed by atoms with Crippen molar-refractivity contribution in [2.75, 3.05) is 12.9 Å². The first-order valence-corrected chi connectivity index (χ1v) is 8.02. The van der Waals surface area contributed by atoms with E-state index in [0.29, 0.717) is 18.9 Å². The van der Waals surface area contributed by atoms with E-state index in [9.17, 15) is 8.42 Å². The van der Waals surface area contributed by atoms with Gasteiger partial charge in [0.2, 0.25) is 0 Å². The molecule has 0 saturated carbocycles. The van der Waals surface area contributed by atoms with Gasteiger partial charge in [-0.05, 0) is 12.1 Å². The molecule has 1 aliphatic heterocycles. The van der Waals surface area contributed by atoms with Crippen LogP contribution in [0.15, 0.2) is 41.6 Å². The second kappa shape index (κ2) is 4.82. The lowest BCUT2D eigenvalue weighted by Gasteiger charge is -2.26. The fourth-order valence-electron chi connectivity index (χ4n) is 2.00. The molecule has 0 radical (unpaired) electrons. The Morgan fingerprint density at radius 2 is 2.10 bits per heavy atom. The van der Waals surface area contributed by atoms with Crippen LogP contribution in [0, 0.1) is 0 Å². The normalized spacial score (nSPS) is 17.9. The number of ether oxygens (including phenoxy) is 2. The van der Waals surface area contributed by atoms with E-state index in [2.05, 4.69) is 5.10 Å². The zero-order chi connectivity index (χ0) is 14.2. The Labute approximate surface area is 116 Å². The molecule has 1 atom stereocenters. The van der Waals surface area contributed by atoms with E-state index in [0.717, 1.165) is 12.0 Å². The fourth-order valence-corrected chi connectivity index (χ4v) is 2.55. The first kappa shape index (κ1) is 13.0. The van der Waals surface area contributed by atoms with Crippen LogP contribution in [-0.4, -0.2) is 37.2 Å². The Bertz CT molecular complexity index is 723. The van der Waals surface area contributed by atoms with E-state index in [4.69, 9.17) is 9.47 Å². The molecule has 2 aromatic rings. The summed E-state index contributed by atoms with van der Waals surface area (Å²) >= 11 is 0. The van der Waals surface area contributed by atoms with E-state index in [-0.39, 0.29) is 11.0 Å². The Morgan fingerprint density at radius 3 is 2.80 bits per heavy atom. The van der Waals surface area contributed by atoms with Crippen molar-refractivity contribution in [1.29, 1.82) is 0 Å². The molecule has 6 nitrogen and oxygen atoms in total. The summed E-state index contributed by atoms with van der Waals surface area (Å²) in [5.74, 6) is 1.42. The molecule has 1 aliphatic rings. The average molecular weight is 294 g/mol. The molecule has 7 heteroatoms. The minimum absolute atomic E-state index is 0.197. The Kier molecular flexibility index (Phi) is 3.13. The van der Waals surface area contributed by atoms with Gasteiger partial charge in [0.15, 0.2) is 27.4 Å². The molecule has 0 bridgehead atoms. The summed E-state index contributed by atoms with van der Waals surface area (Å²) in [6.45, 7) is 0.842. The van der Waals surface area contributed by atoms with Crippen molar-refractivity contribution in [3.63, 3.8) is 0 Å². The highest BCUT2D eigenvalue weighted by Crippen LogP contribution is 2.31. The van der Waals surface area contributed by atoms with Gasteiger partial charge in [0.1, 0.15) is 11.5 Å². The number of benzene rings is 1. The van der Waals surface area contributed by atoms with Gasteiger partial charge in [-0.3, -0.25) is 4.68 Å². The maximum atomic E-state index is 11.4. The number of sulfone groups is 1. The van der Waals surface area contributed by atoms with Crippen LogP contribution in [0.4, 0.5) is 0 Å². The summed E-state index contributed by atoms with van der Waals surface area (Å²) < 4.78 is 35.7. The molecule has 2 heterocycles. The van der Waals surface area contributed by atoms with Gasteiger partial charge in [-0.1, -0.05) is 12.1 Å². The molecule has 20 heavy (non-hydrogen) atoms. The van der Waals surface area contributed by atoms with Crippen LogP contribution in [0.25, 0.3) is 0 Å². The molecule has 0 amide bonds. The van der Waals surface area contributed by atoms with Gasteiger partial charge in [0, 0.05) is 12.5 Å². The minimum atomic E-state index is -3.23. The molecule has 3 rings (SSSR count). The number of fused-ring (bicyclic) bond motifs is 1. The highest BCUT2D eigenvalue weighted by atomic mass is 32.2. The van der Waals surface area contributed by atoms with Gasteiger partial charge in [-0.2, -0.15) is 5.10 Å². The van der Waals surface area contributed by atoms with Crippen molar-refractivity contribution in [2.24, 2.45) is 0 Å². The number of hydrogen-bond donors (Lipinski definition) is 0. The third kappa shape index (κ3) is 2.62. The zero-order valence-electron chi connectivity index (χ0n) is 10.9. The summed E-state index contributed by atoms with van der Waals surface area (Å²) in [6, 6.07) is 7.45. The van der Waals surface area contributed by atoms with Crippen molar-refractivity contribution in [3.8, 4) is 11.5 Å². The Morgan fingerprint density at radius 1 is 1.35 bits per heavy atom. The molecule has 0 aliphatic carbocycles. The second-order valence-corrected chi connectivity index (χ2v) is 6.68. The molecule has 0 spiro atoms. The third-order valence-electron chi connectivity index (χ3n) is 3.00. The van der Waals surface area contributed by atoms with Crippen LogP contribution < -0.4 is 9.47 Å². The monoisotopic (exact) mass is 294 g/mol. The first-order chi connectivity index (χ1) is 9.52. The van der Waals surface area contributed by atoms with Gasteiger partial charge in [0.05, 0.1) is 12.7 Å². The van der Waals surface area contributed by atoms with Crippen LogP contribution in [-0.2, 0) is 16.4 Å². The van der Waals surface area contributed by atoms with Gasteiger partial charge < -0.3 is 9.47 Å². The van der Waals surface area contributed by atoms with Crippen molar-refractivity contribution in [3.05, 3.63) is 36.7 Å². The largest absolute Gasteiger partial charge is 0.486 e. The first-order valence-electron chi connectivity index (χ1n) is 6.13. The topological polar surface area (TPSA) is 70.4 Å². The lowest BCUT2D eigenvalue weighted by Crippen LogP contribution is -2.33. The van der Waals surface area contributed by atoms with Crippen LogP contribution >= 0.6 is 0 Å². The van der Waals surface area contributed by atoms with Crippen LogP contribution in [0.1, 0.15) is 0 Å². The quantitative estimate of drug-likeness (QED) is 0.848. The maximum absolute atomic E-state index is 11.4. The Hall–Kier alpha value is -2.02. The summed E-state index contributed by atoms with van der Waals surface area (Å²) in [4.78, 5) is 0.203. The minimum Gasteiger partial charge on any atom is -0.486 e. The SMILES string of the molecule is CS(=O)(=O)c1cnn(CC2COc3ccccc3O2)c1. The molecule has 1 unspecified atom stereocenters. The second-order valence-electron chi connectivity index (χ2n) is 4.67. The maximum Gasteiger partial charge on any atom is 0.178 e. The van der Waals surface area contributed by atoms with Crippen LogP contribution in [0.3, 0.4) is 0 Å². The fraction of sp³-hybridized carbons (Fsp3) is 0.308. The number of hydrogen-bond acceptors (Lipinski definition) is 5. The standard InChI is InChI=1S/C13H14N2O4S/c1-20(16,17)11-6-14-15(8-11)7-10-9-18-12-4-2-3-5-13(12)19-10/h2-6,8,10H,7,9H2,1H3. The summed E-state index contributed by atoms with van der Waals surface area (Å²) in [6.07, 6.45) is 3.80. The van der Waals surface area contributed by atoms with E-state index in [1.165, 1.54) is 12.4 Å². The molecule has 0 saturated heterocycles. The van der Waals surface area contributed by atoms with Crippen molar-refractivity contribution >= 4 is 9.84 Å². The number of para-hydroxylation sites is 2. The smallest absolute Gasteiger partial charge is 0.178 e. The third-order valence-corrected chi connectivity index (χ3v) is 4.06. The highest BCUT2D eigenvalue weighted by molar-refractivity contribution is 7.90. The molecule has 106 valence electrons. The molecule has 1 aromatic carbocycles. The summed E-state index contributed by atoms with van der Waals surface area (Å²) in [5, 5.41) is 4.03. The number of nitrogens with zero attached hydrogens (tertiary/aromatic N) is 2. The summed E-state index contributed by atoms with van der Waals surface area (Å²) in [7, 11) is -3.23. The van der Waals surface area contributed by atoms with Crippen molar-refractivity contribution < 1.29 is 17.9 Å². The molecule has 1 aromatic heterocycles. The van der Waals surface area contributed by atoms with E-state index in [1.807, 2.05) is 24.3 Å². The lowest BCUT2D eigenvalue weighted by atomic mass is 10.2. The van der Waals surface area contributed by atoms with Crippen LogP contribution in [0.5, 0.6) is 11.5 Å². The van der Waals surface area contributed by atoms with Gasteiger partial charge >= 0.3 is 0 Å². The Balaban J connectivity index is 1.72. The average Bonchev–Trinajstić information content (AvgIpc) is 2.87. The van der Waals surface area contributed by atoms with Crippen molar-refractivity contribution in [1.82, 2.24) is 9.78 Å². The van der Waals surface area contributed by atoms with Crippen molar-refractivity contribution in [2.45, 2.75) is 17.5 Å². The van der Waals surface area contributed by atoms with Gasteiger partial charge in [-0.25, -0.2) is 8.42 Å². The number of aromatic nitrogens is 2. The predicted molar refractivity (Wildman–Crippen MR) is 71.7 cm³/mol. The zero-order valence-corrected chi connectivity index (χ0v) is 11.7. The molecular formula is C13H14N2O4S. The van der Waals surface area contributed by atoms with Gasteiger partial charge in [0.25, 0.3) is 0 Å². The number of rotatable bonds is 3. The molecular weight excluding hydrogens is 280 g/mol. The summed E-state index contributed by atoms with van der Waals surface area (Å²) in [5.41, 5.74) is 0. The molecule has 0 fully saturated rings. The predicted octanol–water partition coefficient (Wildman–Crippen LogP) is 1.13. The highest BCUT2D eigenvalue weighted by Gasteiger charge is 2.21. The van der Waals surface area contributed by atoms with Gasteiger partial charge in [-0.15, -0.1) is 0 Å².